The number of nitrogens with one attached hydrogen (secondary N) is 1. The molecule has 1 aliphatic heterocycles. The molecule has 3 aromatic rings. The van der Waals surface area contributed by atoms with Crippen LogP contribution in [0.25, 0.3) is 5.65 Å². The third-order valence-electron chi connectivity index (χ3n) is 6.13. The zero-order valence-electron chi connectivity index (χ0n) is 16.3. The van der Waals surface area contributed by atoms with E-state index >= 15 is 0 Å². The van der Waals surface area contributed by atoms with E-state index < -0.39 is 0 Å². The molecule has 0 spiro atoms. The van der Waals surface area contributed by atoms with Crippen molar-refractivity contribution in [3.8, 4) is 0 Å². The molecule has 0 unspecified atom stereocenters. The fraction of sp³-hybridized carbons (Fsp3) is 0.429. The summed E-state index contributed by atoms with van der Waals surface area (Å²) in [4.78, 5) is 23.7. The Bertz CT molecular complexity index is 1080. The lowest BCUT2D eigenvalue weighted by Gasteiger charge is -2.39. The second kappa shape index (κ2) is 6.79. The first-order valence-corrected chi connectivity index (χ1v) is 10.1. The molecule has 2 aliphatic rings. The predicted molar refractivity (Wildman–Crippen MR) is 106 cm³/mol. The summed E-state index contributed by atoms with van der Waals surface area (Å²) in [7, 11) is 0. The summed E-state index contributed by atoms with van der Waals surface area (Å²) in [6.07, 6.45) is 11.3. The number of aromatic nitrogens is 4. The van der Waals surface area contributed by atoms with E-state index in [1.165, 1.54) is 12.3 Å². The van der Waals surface area contributed by atoms with E-state index in [1.54, 1.807) is 16.9 Å². The highest BCUT2D eigenvalue weighted by Crippen LogP contribution is 2.35. The summed E-state index contributed by atoms with van der Waals surface area (Å²) in [6.45, 7) is 2.89. The molecular formula is C21H23FN6O. The number of fused-ring (bicyclic) bond motifs is 1. The topological polar surface area (TPSA) is 75.4 Å². The number of anilines is 1. The number of carbonyl (C=O) groups is 1. The molecule has 2 fully saturated rings. The van der Waals surface area contributed by atoms with Crippen LogP contribution in [0.1, 0.15) is 61.0 Å². The maximum absolute atomic E-state index is 13.7. The van der Waals surface area contributed by atoms with Crippen LogP contribution in [0.5, 0.6) is 0 Å². The number of hydrogen-bond acceptors (Lipinski definition) is 5. The maximum Gasteiger partial charge on any atom is 0.257 e. The summed E-state index contributed by atoms with van der Waals surface area (Å²) in [5.41, 5.74) is 1.72. The average Bonchev–Trinajstić information content (AvgIpc) is 3.33. The molecule has 0 bridgehead atoms. The molecule has 1 saturated heterocycles. The molecule has 3 aromatic heterocycles. The van der Waals surface area contributed by atoms with E-state index in [0.717, 1.165) is 50.0 Å². The minimum absolute atomic E-state index is 0.0160. The lowest BCUT2D eigenvalue weighted by molar-refractivity contribution is 0.0852. The first-order chi connectivity index (χ1) is 14.0. The van der Waals surface area contributed by atoms with Gasteiger partial charge in [0.15, 0.2) is 5.65 Å². The van der Waals surface area contributed by atoms with Crippen LogP contribution in [0.2, 0.25) is 0 Å². The molecule has 5 rings (SSSR count). The van der Waals surface area contributed by atoms with Gasteiger partial charge in [-0.15, -0.1) is 0 Å². The quantitative estimate of drug-likeness (QED) is 0.735. The summed E-state index contributed by atoms with van der Waals surface area (Å²) >= 11 is 0. The zero-order chi connectivity index (χ0) is 20.0. The Hall–Kier alpha value is -3.03. The van der Waals surface area contributed by atoms with Gasteiger partial charge in [0.25, 0.3) is 5.91 Å². The van der Waals surface area contributed by atoms with Gasteiger partial charge in [0.05, 0.1) is 18.4 Å². The van der Waals surface area contributed by atoms with Gasteiger partial charge in [0.2, 0.25) is 0 Å². The first-order valence-electron chi connectivity index (χ1n) is 10.1. The maximum atomic E-state index is 13.7. The van der Waals surface area contributed by atoms with Crippen molar-refractivity contribution in [3.63, 3.8) is 0 Å². The molecule has 0 radical (unpaired) electrons. The summed E-state index contributed by atoms with van der Waals surface area (Å²) < 4.78 is 15.3. The number of pyridine rings is 1. The standard InChI is InChI=1S/C21H23FN6O/c1-21(6-3-7-21)26-20(29)16-13-24-28-9-5-18(25-19(16)28)27-8-2-4-17(27)14-10-15(22)12-23-11-14/h5,9-13,17H,2-4,6-8H2,1H3,(H,26,29)/t17-/m1/s1. The molecule has 8 heteroatoms. The fourth-order valence-electron chi connectivity index (χ4n) is 4.35. The molecule has 150 valence electrons. The molecule has 1 amide bonds. The summed E-state index contributed by atoms with van der Waals surface area (Å²) in [5.74, 6) is 0.282. The zero-order valence-corrected chi connectivity index (χ0v) is 16.3. The van der Waals surface area contributed by atoms with Crippen LogP contribution in [0, 0.1) is 5.82 Å². The van der Waals surface area contributed by atoms with Crippen molar-refractivity contribution in [2.45, 2.75) is 50.6 Å². The van der Waals surface area contributed by atoms with Gasteiger partial charge in [-0.05, 0) is 56.7 Å². The van der Waals surface area contributed by atoms with Gasteiger partial charge in [0.1, 0.15) is 17.2 Å². The first kappa shape index (κ1) is 18.0. The van der Waals surface area contributed by atoms with E-state index in [2.05, 4.69) is 27.2 Å². The highest BCUT2D eigenvalue weighted by atomic mass is 19.1. The Morgan fingerprint density at radius 3 is 2.90 bits per heavy atom. The number of amides is 1. The Labute approximate surface area is 168 Å². The summed E-state index contributed by atoms with van der Waals surface area (Å²) in [5, 5.41) is 7.41. The van der Waals surface area contributed by atoms with Gasteiger partial charge in [-0.1, -0.05) is 0 Å². The van der Waals surface area contributed by atoms with Gasteiger partial charge in [0, 0.05) is 24.5 Å². The Balaban J connectivity index is 1.47. The molecule has 1 aliphatic carbocycles. The smallest absolute Gasteiger partial charge is 0.257 e. The van der Waals surface area contributed by atoms with Crippen LogP contribution in [-0.2, 0) is 0 Å². The molecule has 1 atom stereocenters. The Morgan fingerprint density at radius 1 is 1.28 bits per heavy atom. The SMILES string of the molecule is CC1(NC(=O)c2cnn3ccc(N4CCC[C@@H]4c4cncc(F)c4)nc23)CCC1. The van der Waals surface area contributed by atoms with E-state index in [0.29, 0.717) is 11.2 Å². The van der Waals surface area contributed by atoms with E-state index in [9.17, 15) is 9.18 Å². The number of halogens is 1. The van der Waals surface area contributed by atoms with Gasteiger partial charge in [-0.3, -0.25) is 9.78 Å². The van der Waals surface area contributed by atoms with Crippen LogP contribution in [0.3, 0.4) is 0 Å². The van der Waals surface area contributed by atoms with Gasteiger partial charge in [-0.25, -0.2) is 13.9 Å². The lowest BCUT2D eigenvalue weighted by Crippen LogP contribution is -2.50. The second-order valence-electron chi connectivity index (χ2n) is 8.27. The van der Waals surface area contributed by atoms with E-state index in [-0.39, 0.29) is 23.3 Å². The van der Waals surface area contributed by atoms with Crippen molar-refractivity contribution in [1.82, 2.24) is 24.9 Å². The molecule has 0 aromatic carbocycles. The lowest BCUT2D eigenvalue weighted by atomic mass is 9.78. The third kappa shape index (κ3) is 3.22. The van der Waals surface area contributed by atoms with Crippen LogP contribution in [0.15, 0.2) is 36.9 Å². The van der Waals surface area contributed by atoms with Crippen molar-refractivity contribution in [2.75, 3.05) is 11.4 Å². The van der Waals surface area contributed by atoms with Crippen molar-refractivity contribution in [2.24, 2.45) is 0 Å². The highest BCUT2D eigenvalue weighted by Gasteiger charge is 2.34. The van der Waals surface area contributed by atoms with Crippen molar-refractivity contribution >= 4 is 17.4 Å². The van der Waals surface area contributed by atoms with Crippen molar-refractivity contribution in [3.05, 3.63) is 53.9 Å². The molecule has 1 N–H and O–H groups in total. The minimum atomic E-state index is -0.336. The normalized spacial score (nSPS) is 20.6. The monoisotopic (exact) mass is 394 g/mol. The van der Waals surface area contributed by atoms with Crippen LogP contribution in [0.4, 0.5) is 10.2 Å². The van der Waals surface area contributed by atoms with Gasteiger partial charge >= 0.3 is 0 Å². The van der Waals surface area contributed by atoms with Gasteiger partial charge in [-0.2, -0.15) is 5.10 Å². The molecule has 1 saturated carbocycles. The second-order valence-corrected chi connectivity index (χ2v) is 8.27. The highest BCUT2D eigenvalue weighted by molar-refractivity contribution is 6.00. The number of carbonyl (C=O) groups excluding carboxylic acids is 1. The minimum Gasteiger partial charge on any atom is -0.349 e. The molecule has 29 heavy (non-hydrogen) atoms. The van der Waals surface area contributed by atoms with Gasteiger partial charge < -0.3 is 10.2 Å². The van der Waals surface area contributed by atoms with Crippen molar-refractivity contribution < 1.29 is 9.18 Å². The number of hydrogen-bond donors (Lipinski definition) is 1. The molecular weight excluding hydrogens is 371 g/mol. The predicted octanol–water partition coefficient (Wildman–Crippen LogP) is 3.28. The number of nitrogens with zero attached hydrogens (tertiary/aromatic N) is 5. The van der Waals surface area contributed by atoms with Crippen LogP contribution < -0.4 is 10.2 Å². The number of rotatable bonds is 4. The third-order valence-corrected chi connectivity index (χ3v) is 6.13. The Morgan fingerprint density at radius 2 is 2.14 bits per heavy atom. The largest absolute Gasteiger partial charge is 0.349 e. The van der Waals surface area contributed by atoms with E-state index in [4.69, 9.17) is 4.98 Å². The summed E-state index contributed by atoms with van der Waals surface area (Å²) in [6, 6.07) is 3.44. The Kier molecular flexibility index (Phi) is 4.22. The molecule has 4 heterocycles. The molecule has 7 nitrogen and oxygen atoms in total. The van der Waals surface area contributed by atoms with E-state index in [1.807, 2.05) is 12.3 Å². The van der Waals surface area contributed by atoms with Crippen LogP contribution >= 0.6 is 0 Å². The average molecular weight is 394 g/mol. The fourth-order valence-corrected chi connectivity index (χ4v) is 4.35. The van der Waals surface area contributed by atoms with Crippen molar-refractivity contribution in [1.29, 1.82) is 0 Å². The van der Waals surface area contributed by atoms with Crippen LogP contribution in [-0.4, -0.2) is 37.6 Å².